The van der Waals surface area contributed by atoms with Gasteiger partial charge in [-0.1, -0.05) is 23.7 Å². The topological polar surface area (TPSA) is 117 Å². The summed E-state index contributed by atoms with van der Waals surface area (Å²) in [6, 6.07) is 15.6. The second kappa shape index (κ2) is 13.8. The van der Waals surface area contributed by atoms with E-state index in [2.05, 4.69) is 15.8 Å². The van der Waals surface area contributed by atoms with Crippen molar-refractivity contribution in [1.82, 2.24) is 10.7 Å². The van der Waals surface area contributed by atoms with Crippen LogP contribution in [0.4, 0.5) is 0 Å². The zero-order chi connectivity index (χ0) is 27.5. The summed E-state index contributed by atoms with van der Waals surface area (Å²) in [5, 5.41) is 7.11. The lowest BCUT2D eigenvalue weighted by atomic mass is 10.1. The monoisotopic (exact) mass is 541 g/mol. The Morgan fingerprint density at radius 3 is 2.11 bits per heavy atom. The van der Waals surface area contributed by atoms with E-state index in [0.717, 1.165) is 5.56 Å². The Kier molecular flexibility index (Phi) is 10.2. The van der Waals surface area contributed by atoms with Gasteiger partial charge in [0.1, 0.15) is 6.61 Å². The van der Waals surface area contributed by atoms with Crippen LogP contribution in [0.5, 0.6) is 28.7 Å². The van der Waals surface area contributed by atoms with Gasteiger partial charge in [0.2, 0.25) is 5.75 Å². The summed E-state index contributed by atoms with van der Waals surface area (Å²) in [7, 11) is 5.89. The first-order valence-corrected chi connectivity index (χ1v) is 11.7. The molecule has 0 unspecified atom stereocenters. The van der Waals surface area contributed by atoms with Crippen LogP contribution >= 0.6 is 11.6 Å². The number of carbonyl (C=O) groups excluding carboxylic acids is 2. The number of ether oxygens (including phenoxy) is 5. The van der Waals surface area contributed by atoms with Gasteiger partial charge in [-0.3, -0.25) is 9.59 Å². The number of hydrogen-bond donors (Lipinski definition) is 2. The van der Waals surface area contributed by atoms with E-state index in [0.29, 0.717) is 45.9 Å². The number of benzene rings is 3. The van der Waals surface area contributed by atoms with Gasteiger partial charge in [-0.15, -0.1) is 0 Å². The maximum Gasteiger partial charge on any atom is 0.259 e. The number of carbonyl (C=O) groups is 2. The fraction of sp³-hybridized carbons (Fsp3) is 0.222. The van der Waals surface area contributed by atoms with Gasteiger partial charge in [-0.05, 0) is 53.6 Å². The molecule has 11 heteroatoms. The molecule has 0 saturated carbocycles. The van der Waals surface area contributed by atoms with Crippen molar-refractivity contribution in [3.05, 3.63) is 76.3 Å². The first-order valence-electron chi connectivity index (χ1n) is 11.3. The van der Waals surface area contributed by atoms with Crippen LogP contribution in [0.1, 0.15) is 21.5 Å². The van der Waals surface area contributed by atoms with Gasteiger partial charge in [0, 0.05) is 10.6 Å². The molecule has 38 heavy (non-hydrogen) atoms. The minimum Gasteiger partial charge on any atom is -0.493 e. The summed E-state index contributed by atoms with van der Waals surface area (Å²) >= 11 is 5.91. The number of rotatable bonds is 12. The summed E-state index contributed by atoms with van der Waals surface area (Å²) in [5.74, 6) is 1.05. The summed E-state index contributed by atoms with van der Waals surface area (Å²) in [5.41, 5.74) is 4.23. The highest BCUT2D eigenvalue weighted by Crippen LogP contribution is 2.38. The zero-order valence-corrected chi connectivity index (χ0v) is 22.1. The molecule has 0 atom stereocenters. The number of hydrogen-bond acceptors (Lipinski definition) is 8. The van der Waals surface area contributed by atoms with Gasteiger partial charge < -0.3 is 29.0 Å². The third-order valence-corrected chi connectivity index (χ3v) is 5.49. The Morgan fingerprint density at radius 1 is 0.842 bits per heavy atom. The minimum atomic E-state index is -0.517. The lowest BCUT2D eigenvalue weighted by Gasteiger charge is -2.14. The number of nitrogens with zero attached hydrogens (tertiary/aromatic N) is 1. The molecule has 2 N–H and O–H groups in total. The Bertz CT molecular complexity index is 1270. The standard InChI is InChI=1S/C27H28ClN3O7/c1-34-22-11-18(7-10-21(22)38-16-17-5-8-20(28)9-6-17)14-30-31-25(32)15-29-27(33)19-12-23(35-2)26(37-4)24(13-19)36-3/h5-14H,15-16H2,1-4H3,(H,29,33)(H,31,32)/b30-14-. The SMILES string of the molecule is COc1cc(/C=N\NC(=O)CNC(=O)c2cc(OC)c(OC)c(OC)c2)ccc1OCc1ccc(Cl)cc1. The van der Waals surface area contributed by atoms with E-state index in [1.165, 1.54) is 46.8 Å². The third kappa shape index (κ3) is 7.53. The Hall–Kier alpha value is -4.44. The van der Waals surface area contributed by atoms with Crippen molar-refractivity contribution in [1.29, 1.82) is 0 Å². The summed E-state index contributed by atoms with van der Waals surface area (Å²) in [6.45, 7) is 0.0481. The molecule has 0 spiro atoms. The molecule has 0 heterocycles. The van der Waals surface area contributed by atoms with Gasteiger partial charge >= 0.3 is 0 Å². The highest BCUT2D eigenvalue weighted by atomic mass is 35.5. The van der Waals surface area contributed by atoms with E-state index >= 15 is 0 Å². The highest BCUT2D eigenvalue weighted by Gasteiger charge is 2.17. The maximum atomic E-state index is 12.5. The van der Waals surface area contributed by atoms with Crippen molar-refractivity contribution in [3.8, 4) is 28.7 Å². The molecule has 0 saturated heterocycles. The van der Waals surface area contributed by atoms with Crippen LogP contribution in [0.2, 0.25) is 5.02 Å². The lowest BCUT2D eigenvalue weighted by molar-refractivity contribution is -0.120. The molecule has 2 amide bonds. The molecular weight excluding hydrogens is 514 g/mol. The van der Waals surface area contributed by atoms with Crippen LogP contribution in [-0.4, -0.2) is 53.0 Å². The fourth-order valence-electron chi connectivity index (χ4n) is 3.32. The molecule has 0 aliphatic rings. The first kappa shape index (κ1) is 28.1. The van der Waals surface area contributed by atoms with E-state index in [-0.39, 0.29) is 12.1 Å². The maximum absolute atomic E-state index is 12.5. The van der Waals surface area contributed by atoms with Crippen molar-refractivity contribution < 1.29 is 33.3 Å². The molecule has 0 aliphatic heterocycles. The van der Waals surface area contributed by atoms with Crippen LogP contribution in [0, 0.1) is 0 Å². The van der Waals surface area contributed by atoms with E-state index < -0.39 is 11.8 Å². The number of hydrazone groups is 1. The molecule has 3 rings (SSSR count). The zero-order valence-electron chi connectivity index (χ0n) is 21.4. The summed E-state index contributed by atoms with van der Waals surface area (Å²) in [6.07, 6.45) is 1.45. The molecule has 0 aliphatic carbocycles. The van der Waals surface area contributed by atoms with E-state index in [9.17, 15) is 9.59 Å². The van der Waals surface area contributed by atoms with Crippen LogP contribution in [0.15, 0.2) is 59.7 Å². The van der Waals surface area contributed by atoms with Crippen molar-refractivity contribution >= 4 is 29.6 Å². The molecule has 10 nitrogen and oxygen atoms in total. The quantitative estimate of drug-likeness (QED) is 0.264. The van der Waals surface area contributed by atoms with Gasteiger partial charge in [0.05, 0.1) is 41.2 Å². The Morgan fingerprint density at radius 2 is 1.50 bits per heavy atom. The van der Waals surface area contributed by atoms with Crippen LogP contribution in [-0.2, 0) is 11.4 Å². The summed E-state index contributed by atoms with van der Waals surface area (Å²) < 4.78 is 27.0. The average Bonchev–Trinajstić information content (AvgIpc) is 2.94. The molecular formula is C27H28ClN3O7. The van der Waals surface area contributed by atoms with Gasteiger partial charge in [0.25, 0.3) is 11.8 Å². The van der Waals surface area contributed by atoms with Crippen LogP contribution in [0.25, 0.3) is 0 Å². The molecule has 200 valence electrons. The van der Waals surface area contributed by atoms with Gasteiger partial charge in [-0.25, -0.2) is 5.43 Å². The average molecular weight is 542 g/mol. The minimum absolute atomic E-state index is 0.237. The molecule has 3 aromatic carbocycles. The molecule has 3 aromatic rings. The van der Waals surface area contributed by atoms with Crippen LogP contribution < -0.4 is 34.4 Å². The fourth-order valence-corrected chi connectivity index (χ4v) is 3.44. The van der Waals surface area contributed by atoms with E-state index in [4.69, 9.17) is 35.3 Å². The third-order valence-electron chi connectivity index (χ3n) is 5.23. The number of amides is 2. The molecule has 0 radical (unpaired) electrons. The second-order valence-electron chi connectivity index (χ2n) is 7.72. The van der Waals surface area contributed by atoms with Gasteiger partial charge in [-0.2, -0.15) is 5.10 Å². The number of nitrogens with one attached hydrogen (secondary N) is 2. The number of methoxy groups -OCH3 is 4. The normalized spacial score (nSPS) is 10.6. The number of halogens is 1. The molecule has 0 aromatic heterocycles. The van der Waals surface area contributed by atoms with E-state index in [1.807, 2.05) is 12.1 Å². The van der Waals surface area contributed by atoms with Crippen molar-refractivity contribution in [2.24, 2.45) is 5.10 Å². The highest BCUT2D eigenvalue weighted by molar-refractivity contribution is 6.30. The predicted molar refractivity (Wildman–Crippen MR) is 143 cm³/mol. The molecule has 0 fully saturated rings. The molecule has 0 bridgehead atoms. The van der Waals surface area contributed by atoms with E-state index in [1.54, 1.807) is 30.3 Å². The van der Waals surface area contributed by atoms with Crippen molar-refractivity contribution in [2.45, 2.75) is 6.61 Å². The second-order valence-corrected chi connectivity index (χ2v) is 8.15. The van der Waals surface area contributed by atoms with Gasteiger partial charge in [0.15, 0.2) is 23.0 Å². The predicted octanol–water partition coefficient (Wildman–Crippen LogP) is 3.83. The van der Waals surface area contributed by atoms with Crippen LogP contribution in [0.3, 0.4) is 0 Å². The largest absolute Gasteiger partial charge is 0.493 e. The Labute approximate surface area is 225 Å². The van der Waals surface area contributed by atoms with Crippen molar-refractivity contribution in [3.63, 3.8) is 0 Å². The summed E-state index contributed by atoms with van der Waals surface area (Å²) in [4.78, 5) is 24.7. The first-order chi connectivity index (χ1) is 18.4. The Balaban J connectivity index is 1.53. The lowest BCUT2D eigenvalue weighted by Crippen LogP contribution is -2.34. The smallest absolute Gasteiger partial charge is 0.259 e. The van der Waals surface area contributed by atoms with Crippen molar-refractivity contribution in [2.75, 3.05) is 35.0 Å².